The number of halogens is 4. The van der Waals surface area contributed by atoms with Crippen molar-refractivity contribution in [2.24, 2.45) is 5.92 Å². The van der Waals surface area contributed by atoms with Crippen LogP contribution in [0.2, 0.25) is 0 Å². The zero-order chi connectivity index (χ0) is 22.9. The minimum absolute atomic E-state index is 0. The number of benzene rings is 2. The number of nitrogens with one attached hydrogen (secondary N) is 1. The van der Waals surface area contributed by atoms with E-state index in [2.05, 4.69) is 20.6 Å². The number of hydrogen-bond acceptors (Lipinski definition) is 4. The Balaban J connectivity index is 0.00000306. The van der Waals surface area contributed by atoms with Crippen molar-refractivity contribution in [3.8, 4) is 11.6 Å². The molecule has 33 heavy (non-hydrogen) atoms. The molecule has 1 fully saturated rings. The van der Waals surface area contributed by atoms with Crippen molar-refractivity contribution in [1.82, 2.24) is 9.97 Å². The van der Waals surface area contributed by atoms with Crippen LogP contribution < -0.4 is 10.1 Å². The van der Waals surface area contributed by atoms with E-state index in [1.54, 1.807) is 25.1 Å². The van der Waals surface area contributed by atoms with Crippen molar-refractivity contribution < 1.29 is 59.8 Å². The zero-order valence-electron chi connectivity index (χ0n) is 17.4. The summed E-state index contributed by atoms with van der Waals surface area (Å²) in [5.41, 5.74) is -0.374. The summed E-state index contributed by atoms with van der Waals surface area (Å²) in [6, 6.07) is 8.85. The Kier molecular flexibility index (Phi) is 7.69. The van der Waals surface area contributed by atoms with Crippen molar-refractivity contribution in [3.05, 3.63) is 71.1 Å². The fourth-order valence-corrected chi connectivity index (χ4v) is 2.91. The molecule has 1 radical (unpaired) electrons. The molecule has 3 aromatic rings. The number of alkyl halides is 3. The number of ether oxygens (including phenoxy) is 1. The van der Waals surface area contributed by atoms with E-state index in [0.717, 1.165) is 18.9 Å². The number of aryl methyl sites for hydroxylation is 1. The normalized spacial score (nSPS) is 13.1. The Morgan fingerprint density at radius 2 is 1.88 bits per heavy atom. The molecule has 1 aliphatic rings. The first kappa shape index (κ1) is 25.0. The van der Waals surface area contributed by atoms with Gasteiger partial charge in [-0.3, -0.25) is 4.79 Å². The molecule has 1 saturated carbocycles. The van der Waals surface area contributed by atoms with E-state index in [0.29, 0.717) is 28.9 Å². The summed E-state index contributed by atoms with van der Waals surface area (Å²) >= 11 is 0. The quantitative estimate of drug-likeness (QED) is 0.371. The fourth-order valence-electron chi connectivity index (χ4n) is 2.91. The van der Waals surface area contributed by atoms with Gasteiger partial charge < -0.3 is 15.4 Å². The van der Waals surface area contributed by atoms with Crippen molar-refractivity contribution in [2.75, 3.05) is 5.32 Å². The maximum absolute atomic E-state index is 13.5. The van der Waals surface area contributed by atoms with Crippen LogP contribution in [0.15, 0.2) is 48.8 Å². The van der Waals surface area contributed by atoms with Crippen LogP contribution in [0.25, 0.3) is 5.32 Å². The molecule has 2 aromatic carbocycles. The molecule has 0 spiro atoms. The number of rotatable bonds is 6. The summed E-state index contributed by atoms with van der Waals surface area (Å²) in [5.74, 6) is -0.466. The average molecular weight is 534 g/mol. The van der Waals surface area contributed by atoms with Crippen LogP contribution in [0.3, 0.4) is 0 Å². The molecular weight excluding hydrogens is 517 g/mol. The summed E-state index contributed by atoms with van der Waals surface area (Å²) < 4.78 is 57.9. The Bertz CT molecular complexity index is 1170. The van der Waals surface area contributed by atoms with Gasteiger partial charge in [0.25, 0.3) is 0 Å². The predicted molar refractivity (Wildman–Crippen MR) is 109 cm³/mol. The van der Waals surface area contributed by atoms with Gasteiger partial charge in [-0.15, -0.1) is 11.4 Å². The van der Waals surface area contributed by atoms with Crippen molar-refractivity contribution >= 4 is 23.1 Å². The SMILES string of the molecule is Cc1cc(Oc2cc(NC(=O)C3CC3)ncn2)ccc1[N-]c1ccc(F)c(C(F)(F)F)c1.[Y]. The van der Waals surface area contributed by atoms with Crippen LogP contribution in [-0.2, 0) is 43.7 Å². The topological polar surface area (TPSA) is 78.2 Å². The maximum atomic E-state index is 13.5. The molecule has 1 aromatic heterocycles. The first-order valence-electron chi connectivity index (χ1n) is 9.69. The molecule has 1 N–H and O–H groups in total. The molecule has 1 heterocycles. The Labute approximate surface area is 212 Å². The molecule has 0 aliphatic heterocycles. The van der Waals surface area contributed by atoms with Gasteiger partial charge in [0.2, 0.25) is 11.8 Å². The molecule has 0 atom stereocenters. The predicted octanol–water partition coefficient (Wildman–Crippen LogP) is 6.42. The second-order valence-corrected chi connectivity index (χ2v) is 7.33. The monoisotopic (exact) mass is 534 g/mol. The van der Waals surface area contributed by atoms with Crippen LogP contribution in [0.5, 0.6) is 11.6 Å². The molecule has 1 aliphatic carbocycles. The first-order valence-corrected chi connectivity index (χ1v) is 9.69. The summed E-state index contributed by atoms with van der Waals surface area (Å²) in [4.78, 5) is 19.9. The number of amides is 1. The maximum Gasteiger partial charge on any atom is 0.419 e. The van der Waals surface area contributed by atoms with E-state index in [1.807, 2.05) is 0 Å². The molecule has 4 rings (SSSR count). The van der Waals surface area contributed by atoms with Gasteiger partial charge in [-0.1, -0.05) is 23.8 Å². The zero-order valence-corrected chi connectivity index (χ0v) is 20.2. The van der Waals surface area contributed by atoms with Crippen molar-refractivity contribution in [1.29, 1.82) is 0 Å². The van der Waals surface area contributed by atoms with E-state index < -0.39 is 17.6 Å². The van der Waals surface area contributed by atoms with E-state index in [1.165, 1.54) is 18.5 Å². The van der Waals surface area contributed by atoms with Crippen molar-refractivity contribution in [3.63, 3.8) is 0 Å². The smallest absolute Gasteiger partial charge is 0.419 e. The summed E-state index contributed by atoms with van der Waals surface area (Å²) in [6.07, 6.45) is -1.81. The van der Waals surface area contributed by atoms with E-state index in [9.17, 15) is 22.4 Å². The second-order valence-electron chi connectivity index (χ2n) is 7.33. The van der Waals surface area contributed by atoms with Crippen LogP contribution in [0, 0.1) is 18.7 Å². The van der Waals surface area contributed by atoms with Gasteiger partial charge in [-0.25, -0.2) is 14.4 Å². The third-order valence-electron chi connectivity index (χ3n) is 4.74. The third-order valence-corrected chi connectivity index (χ3v) is 4.74. The van der Waals surface area contributed by atoms with Gasteiger partial charge in [0.05, 0.1) is 5.56 Å². The fraction of sp³-hybridized carbons (Fsp3) is 0.227. The second kappa shape index (κ2) is 10.1. The van der Waals surface area contributed by atoms with Crippen LogP contribution in [0.1, 0.15) is 24.0 Å². The van der Waals surface area contributed by atoms with Gasteiger partial charge in [0.1, 0.15) is 23.7 Å². The molecule has 0 bridgehead atoms. The molecule has 0 saturated heterocycles. The number of carbonyl (C=O) groups is 1. The number of carbonyl (C=O) groups excluding carboxylic acids is 1. The third kappa shape index (κ3) is 6.48. The average Bonchev–Trinajstić information content (AvgIpc) is 3.56. The largest absolute Gasteiger partial charge is 0.658 e. The van der Waals surface area contributed by atoms with Gasteiger partial charge >= 0.3 is 6.18 Å². The Morgan fingerprint density at radius 3 is 2.55 bits per heavy atom. The number of aromatic nitrogens is 2. The molecule has 6 nitrogen and oxygen atoms in total. The molecule has 0 unspecified atom stereocenters. The molecule has 11 heteroatoms. The number of nitrogens with zero attached hydrogens (tertiary/aromatic N) is 3. The standard InChI is InChI=1S/C22H17F4N4O2.Y/c1-12-8-15(32-20-10-19(27-11-28-20)30-21(31)13-2-3-13)5-7-18(12)29-14-4-6-17(23)16(9-14)22(24,25)26;/h4-11,13H,2-3H2,1H3,(H,27,28,30,31);/q-1;. The molecule has 169 valence electrons. The minimum atomic E-state index is -4.81. The van der Waals surface area contributed by atoms with E-state index in [-0.39, 0.29) is 56.1 Å². The van der Waals surface area contributed by atoms with Crippen LogP contribution >= 0.6 is 0 Å². The Morgan fingerprint density at radius 1 is 1.12 bits per heavy atom. The van der Waals surface area contributed by atoms with E-state index >= 15 is 0 Å². The minimum Gasteiger partial charge on any atom is -0.658 e. The van der Waals surface area contributed by atoms with Crippen LogP contribution in [0.4, 0.5) is 34.8 Å². The summed E-state index contributed by atoms with van der Waals surface area (Å²) in [6.45, 7) is 1.71. The number of hydrogen-bond donors (Lipinski definition) is 1. The van der Waals surface area contributed by atoms with E-state index in [4.69, 9.17) is 4.74 Å². The van der Waals surface area contributed by atoms with Crippen LogP contribution in [-0.4, -0.2) is 15.9 Å². The summed E-state index contributed by atoms with van der Waals surface area (Å²) in [7, 11) is 0. The summed E-state index contributed by atoms with van der Waals surface area (Å²) in [5, 5.41) is 6.88. The van der Waals surface area contributed by atoms with Gasteiger partial charge in [0.15, 0.2) is 0 Å². The molecule has 1 amide bonds. The number of anilines is 1. The Hall–Kier alpha value is -2.59. The van der Waals surface area contributed by atoms with Gasteiger partial charge in [-0.2, -0.15) is 13.2 Å². The van der Waals surface area contributed by atoms with Gasteiger partial charge in [-0.05, 0) is 38.0 Å². The first-order chi connectivity index (χ1) is 15.2. The van der Waals surface area contributed by atoms with Gasteiger partial charge in [0, 0.05) is 44.7 Å². The molecular formula is C22H17F4N4O2Y-. The van der Waals surface area contributed by atoms with Crippen molar-refractivity contribution in [2.45, 2.75) is 25.9 Å².